The second-order valence-electron chi connectivity index (χ2n) is 10.1. The van der Waals surface area contributed by atoms with Crippen molar-refractivity contribution < 1.29 is 10.2 Å². The van der Waals surface area contributed by atoms with Crippen molar-refractivity contribution in [3.63, 3.8) is 0 Å². The average Bonchev–Trinajstić information content (AvgIpc) is 3.70. The largest absolute Gasteiger partial charge is 0.508 e. The molecule has 2 aromatic carbocycles. The summed E-state index contributed by atoms with van der Waals surface area (Å²) in [5, 5.41) is 19.7. The summed E-state index contributed by atoms with van der Waals surface area (Å²) >= 11 is 0. The molecular weight excluding hydrogens is 380 g/mol. The van der Waals surface area contributed by atoms with Gasteiger partial charge in [0.05, 0.1) is 0 Å². The second-order valence-corrected chi connectivity index (χ2v) is 10.1. The van der Waals surface area contributed by atoms with Crippen LogP contribution in [0.1, 0.15) is 82.3 Å². The van der Waals surface area contributed by atoms with E-state index in [-0.39, 0.29) is 0 Å². The highest BCUT2D eigenvalue weighted by molar-refractivity contribution is 5.84. The molecule has 1 spiro atoms. The number of benzene rings is 2. The zero-order valence-corrected chi connectivity index (χ0v) is 18.8. The van der Waals surface area contributed by atoms with Crippen LogP contribution in [0.2, 0.25) is 0 Å². The molecule has 0 aliphatic heterocycles. The normalized spacial score (nSPS) is 26.7. The fourth-order valence-corrected chi connectivity index (χ4v) is 6.18. The van der Waals surface area contributed by atoms with Gasteiger partial charge in [-0.15, -0.1) is 0 Å². The Morgan fingerprint density at radius 3 is 1.71 bits per heavy atom. The molecule has 164 valence electrons. The minimum absolute atomic E-state index is 0.313. The van der Waals surface area contributed by atoms with E-state index in [0.29, 0.717) is 16.9 Å². The Balaban J connectivity index is 1.36. The number of hydrogen-bond acceptors (Lipinski definition) is 2. The Labute approximate surface area is 187 Å². The molecule has 0 bridgehead atoms. The van der Waals surface area contributed by atoms with Gasteiger partial charge in [-0.2, -0.15) is 0 Å². The highest BCUT2D eigenvalue weighted by Crippen LogP contribution is 3.02. The van der Waals surface area contributed by atoms with Gasteiger partial charge >= 0.3 is 0 Å². The maximum Gasteiger partial charge on any atom is 0.115 e. The lowest BCUT2D eigenvalue weighted by molar-refractivity contribution is 0.475. The predicted molar refractivity (Wildman–Crippen MR) is 127 cm³/mol. The Bertz CT molecular complexity index is 892. The summed E-state index contributed by atoms with van der Waals surface area (Å²) in [4.78, 5) is 0. The number of unbranched alkanes of at least 4 members (excludes halogenated alkanes) is 7. The van der Waals surface area contributed by atoms with Gasteiger partial charge in [0.15, 0.2) is 0 Å². The SMILES string of the molecule is CCCCCCCCCCC(=C(c1ccc(O)cc1)c1ccc(O)cc1)[C@@H]1C2[C@H]3C[C@@]231. The van der Waals surface area contributed by atoms with E-state index in [9.17, 15) is 10.2 Å². The number of hydrogen-bond donors (Lipinski definition) is 2. The van der Waals surface area contributed by atoms with Crippen LogP contribution in [0.5, 0.6) is 11.5 Å². The number of rotatable bonds is 12. The molecule has 0 radical (unpaired) electrons. The summed E-state index contributed by atoms with van der Waals surface area (Å²) in [6.07, 6.45) is 13.4. The third-order valence-corrected chi connectivity index (χ3v) is 8.19. The second kappa shape index (κ2) is 8.37. The van der Waals surface area contributed by atoms with Crippen LogP contribution in [0.4, 0.5) is 0 Å². The highest BCUT2D eigenvalue weighted by atomic mass is 16.3. The molecule has 2 aromatic rings. The fourth-order valence-electron chi connectivity index (χ4n) is 6.18. The zero-order chi connectivity index (χ0) is 21.4. The summed E-state index contributed by atoms with van der Waals surface area (Å²) in [7, 11) is 0. The van der Waals surface area contributed by atoms with Gasteiger partial charge < -0.3 is 10.2 Å². The topological polar surface area (TPSA) is 40.5 Å². The fraction of sp³-hybridized carbons (Fsp3) is 0.517. The molecule has 0 aromatic heterocycles. The van der Waals surface area contributed by atoms with E-state index in [1.165, 1.54) is 80.9 Å². The van der Waals surface area contributed by atoms with Crippen LogP contribution < -0.4 is 0 Å². The smallest absolute Gasteiger partial charge is 0.115 e. The Kier molecular flexibility index (Phi) is 5.58. The van der Waals surface area contributed by atoms with E-state index in [1.807, 2.05) is 0 Å². The number of allylic oxidation sites excluding steroid dienone is 1. The van der Waals surface area contributed by atoms with E-state index in [4.69, 9.17) is 0 Å². The lowest BCUT2D eigenvalue weighted by Crippen LogP contribution is -2.03. The van der Waals surface area contributed by atoms with E-state index in [0.717, 1.165) is 17.8 Å². The third kappa shape index (κ3) is 3.90. The minimum atomic E-state index is 0.313. The van der Waals surface area contributed by atoms with Gasteiger partial charge in [-0.05, 0) is 83.4 Å². The van der Waals surface area contributed by atoms with Crippen LogP contribution >= 0.6 is 0 Å². The third-order valence-electron chi connectivity index (χ3n) is 8.19. The molecular formula is C29H36O2. The van der Waals surface area contributed by atoms with Crippen molar-refractivity contribution >= 4 is 5.57 Å². The van der Waals surface area contributed by atoms with Crippen LogP contribution in [-0.2, 0) is 0 Å². The molecule has 0 saturated heterocycles. The van der Waals surface area contributed by atoms with Crippen molar-refractivity contribution in [3.8, 4) is 11.5 Å². The first-order valence-electron chi connectivity index (χ1n) is 12.5. The molecule has 0 amide bonds. The summed E-state index contributed by atoms with van der Waals surface area (Å²) in [5.74, 6) is 3.40. The first kappa shape index (κ1) is 20.7. The Morgan fingerprint density at radius 1 is 0.774 bits per heavy atom. The molecule has 5 rings (SSSR count). The van der Waals surface area contributed by atoms with Gasteiger partial charge in [-0.1, -0.05) is 81.7 Å². The summed E-state index contributed by atoms with van der Waals surface area (Å²) in [6, 6.07) is 15.4. The summed E-state index contributed by atoms with van der Waals surface area (Å²) in [5.41, 5.74) is 6.06. The van der Waals surface area contributed by atoms with Crippen LogP contribution in [0.3, 0.4) is 0 Å². The van der Waals surface area contributed by atoms with Gasteiger partial charge in [0, 0.05) is 0 Å². The lowest BCUT2D eigenvalue weighted by Gasteiger charge is -2.19. The Hall–Kier alpha value is -2.22. The van der Waals surface area contributed by atoms with Crippen molar-refractivity contribution in [2.75, 3.05) is 0 Å². The molecule has 2 nitrogen and oxygen atoms in total. The molecule has 31 heavy (non-hydrogen) atoms. The van der Waals surface area contributed by atoms with Crippen LogP contribution in [0, 0.1) is 23.2 Å². The number of phenols is 2. The van der Waals surface area contributed by atoms with Crippen molar-refractivity contribution in [1.82, 2.24) is 0 Å². The van der Waals surface area contributed by atoms with Crippen molar-refractivity contribution in [1.29, 1.82) is 0 Å². The Morgan fingerprint density at radius 2 is 1.26 bits per heavy atom. The van der Waals surface area contributed by atoms with Gasteiger partial charge in [0.1, 0.15) is 11.5 Å². The molecule has 1 unspecified atom stereocenters. The van der Waals surface area contributed by atoms with Gasteiger partial charge in [0.2, 0.25) is 0 Å². The molecule has 2 heteroatoms. The molecule has 3 fully saturated rings. The van der Waals surface area contributed by atoms with Gasteiger partial charge in [-0.25, -0.2) is 0 Å². The lowest BCUT2D eigenvalue weighted by atomic mass is 9.85. The van der Waals surface area contributed by atoms with Crippen LogP contribution in [-0.4, -0.2) is 10.2 Å². The van der Waals surface area contributed by atoms with Gasteiger partial charge in [0.25, 0.3) is 0 Å². The van der Waals surface area contributed by atoms with Crippen molar-refractivity contribution in [2.24, 2.45) is 23.2 Å². The maximum absolute atomic E-state index is 9.83. The van der Waals surface area contributed by atoms with Crippen molar-refractivity contribution in [2.45, 2.75) is 71.1 Å². The standard InChI is InChI=1S/C29H36O2/c1-2-3-4-5-6-7-8-9-10-24(27-28-25-19-29(25,27)28)26(20-11-15-22(30)16-12-20)21-13-17-23(31)18-14-21/h11-18,25,27-28,30-31H,2-10,19H2,1H3/t25-,27-,28?,29-/m1/s1. The summed E-state index contributed by atoms with van der Waals surface area (Å²) < 4.78 is 0. The number of aromatic hydroxyl groups is 2. The van der Waals surface area contributed by atoms with E-state index in [1.54, 1.807) is 29.8 Å². The average molecular weight is 417 g/mol. The van der Waals surface area contributed by atoms with E-state index >= 15 is 0 Å². The van der Waals surface area contributed by atoms with Gasteiger partial charge in [-0.3, -0.25) is 0 Å². The number of phenolic OH excluding ortho intramolecular Hbond substituents is 2. The first-order chi connectivity index (χ1) is 15.2. The molecule has 3 aliphatic rings. The molecule has 4 atom stereocenters. The highest BCUT2D eigenvalue weighted by Gasteiger charge is 2.97. The molecule has 3 saturated carbocycles. The van der Waals surface area contributed by atoms with Crippen molar-refractivity contribution in [3.05, 3.63) is 65.2 Å². The van der Waals surface area contributed by atoms with E-state index < -0.39 is 0 Å². The zero-order valence-electron chi connectivity index (χ0n) is 18.8. The van der Waals surface area contributed by atoms with Crippen LogP contribution in [0.25, 0.3) is 5.57 Å². The van der Waals surface area contributed by atoms with Crippen LogP contribution in [0.15, 0.2) is 54.1 Å². The maximum atomic E-state index is 9.83. The monoisotopic (exact) mass is 416 g/mol. The predicted octanol–water partition coefficient (Wildman–Crippen LogP) is 7.70. The summed E-state index contributed by atoms with van der Waals surface area (Å²) in [6.45, 7) is 2.28. The molecule has 0 heterocycles. The number of fused-ring (bicyclic) bond motifs is 1. The minimum Gasteiger partial charge on any atom is -0.508 e. The molecule has 2 N–H and O–H groups in total. The first-order valence-corrected chi connectivity index (χ1v) is 12.5. The van der Waals surface area contributed by atoms with E-state index in [2.05, 4.69) is 31.2 Å². The molecule has 3 aliphatic carbocycles. The quantitative estimate of drug-likeness (QED) is 0.348.